The van der Waals surface area contributed by atoms with Crippen LogP contribution in [0.2, 0.25) is 0 Å². The Bertz CT molecular complexity index is 465. The van der Waals surface area contributed by atoms with E-state index < -0.39 is 0 Å². The summed E-state index contributed by atoms with van der Waals surface area (Å²) in [7, 11) is 0. The minimum absolute atomic E-state index is 0.0493. The molecule has 1 aliphatic rings. The summed E-state index contributed by atoms with van der Waals surface area (Å²) in [6.45, 7) is 5.53. The summed E-state index contributed by atoms with van der Waals surface area (Å²) in [5.41, 5.74) is 5.49. The highest BCUT2D eigenvalue weighted by Gasteiger charge is 2.28. The summed E-state index contributed by atoms with van der Waals surface area (Å²) < 4.78 is 1.63. The minimum Gasteiger partial charge on any atom is -0.352 e. The number of tetrazole rings is 1. The van der Waals surface area contributed by atoms with E-state index >= 15 is 0 Å². The van der Waals surface area contributed by atoms with Crippen LogP contribution in [0.25, 0.3) is 0 Å². The molecule has 0 aromatic carbocycles. The van der Waals surface area contributed by atoms with Gasteiger partial charge in [-0.15, -0.1) is 5.10 Å². The lowest BCUT2D eigenvalue weighted by atomic mass is 9.78. The van der Waals surface area contributed by atoms with Gasteiger partial charge >= 0.3 is 0 Å². The Morgan fingerprint density at radius 1 is 1.48 bits per heavy atom. The third-order valence-electron chi connectivity index (χ3n) is 4.23. The van der Waals surface area contributed by atoms with Crippen LogP contribution in [0.5, 0.6) is 0 Å². The fraction of sp³-hybridized carbons (Fsp3) is 0.846. The number of nitrogens with two attached hydrogens (primary N) is 1. The van der Waals surface area contributed by atoms with Crippen LogP contribution in [0.15, 0.2) is 5.16 Å². The van der Waals surface area contributed by atoms with Gasteiger partial charge in [-0.05, 0) is 28.7 Å². The predicted molar refractivity (Wildman–Crippen MR) is 81.7 cm³/mol. The van der Waals surface area contributed by atoms with Crippen molar-refractivity contribution in [1.82, 2.24) is 25.5 Å². The van der Waals surface area contributed by atoms with Gasteiger partial charge in [0.1, 0.15) is 0 Å². The molecule has 118 valence electrons. The number of nitrogens with one attached hydrogen (secondary N) is 1. The number of aromatic nitrogens is 4. The van der Waals surface area contributed by atoms with E-state index in [1.807, 2.05) is 0 Å². The molecule has 3 unspecified atom stereocenters. The van der Waals surface area contributed by atoms with Crippen LogP contribution < -0.4 is 11.1 Å². The van der Waals surface area contributed by atoms with Crippen molar-refractivity contribution in [3.8, 4) is 0 Å². The predicted octanol–water partition coefficient (Wildman–Crippen LogP) is 0.665. The van der Waals surface area contributed by atoms with Gasteiger partial charge in [0, 0.05) is 12.6 Å². The number of hydrogen-bond donors (Lipinski definition) is 2. The maximum atomic E-state index is 12.1. The number of carbonyl (C=O) groups is 1. The van der Waals surface area contributed by atoms with Gasteiger partial charge in [-0.25, -0.2) is 4.68 Å². The quantitative estimate of drug-likeness (QED) is 0.749. The van der Waals surface area contributed by atoms with Crippen LogP contribution in [-0.2, 0) is 11.3 Å². The van der Waals surface area contributed by atoms with Crippen LogP contribution in [-0.4, -0.2) is 44.5 Å². The number of thioether (sulfide) groups is 1. The maximum absolute atomic E-state index is 12.1. The Labute approximate surface area is 129 Å². The lowest BCUT2D eigenvalue weighted by molar-refractivity contribution is -0.120. The lowest BCUT2D eigenvalue weighted by Gasteiger charge is -2.34. The molecule has 2 rings (SSSR count). The Balaban J connectivity index is 1.80. The van der Waals surface area contributed by atoms with Crippen molar-refractivity contribution < 1.29 is 4.79 Å². The van der Waals surface area contributed by atoms with E-state index in [0.29, 0.717) is 41.9 Å². The summed E-state index contributed by atoms with van der Waals surface area (Å²) in [6, 6.07) is 0.293. The monoisotopic (exact) mass is 312 g/mol. The fourth-order valence-electron chi connectivity index (χ4n) is 2.73. The second-order valence-corrected chi connectivity index (χ2v) is 6.65. The molecule has 0 aliphatic heterocycles. The third-order valence-corrected chi connectivity index (χ3v) is 5.18. The molecule has 8 heteroatoms. The fourth-order valence-corrected chi connectivity index (χ4v) is 3.44. The molecular formula is C13H24N6OS. The first-order valence-electron chi connectivity index (χ1n) is 7.50. The van der Waals surface area contributed by atoms with Crippen LogP contribution in [0.4, 0.5) is 0 Å². The van der Waals surface area contributed by atoms with Gasteiger partial charge in [0.25, 0.3) is 0 Å². The normalized spacial score (nSPS) is 25.8. The van der Waals surface area contributed by atoms with E-state index in [1.54, 1.807) is 4.68 Å². The molecule has 1 fully saturated rings. The van der Waals surface area contributed by atoms with Crippen molar-refractivity contribution in [3.63, 3.8) is 0 Å². The average molecular weight is 312 g/mol. The molecule has 0 spiro atoms. The summed E-state index contributed by atoms with van der Waals surface area (Å²) in [5.74, 6) is 1.60. The third kappa shape index (κ3) is 4.41. The zero-order valence-electron chi connectivity index (χ0n) is 12.7. The molecule has 1 saturated carbocycles. The number of amides is 1. The molecular weight excluding hydrogens is 288 g/mol. The van der Waals surface area contributed by atoms with E-state index in [-0.39, 0.29) is 5.91 Å². The number of hydrogen-bond acceptors (Lipinski definition) is 6. The van der Waals surface area contributed by atoms with Gasteiger partial charge in [0.2, 0.25) is 11.1 Å². The molecule has 1 amide bonds. The van der Waals surface area contributed by atoms with Gasteiger partial charge in [-0.1, -0.05) is 38.5 Å². The van der Waals surface area contributed by atoms with Crippen molar-refractivity contribution in [2.75, 3.05) is 12.3 Å². The van der Waals surface area contributed by atoms with Crippen molar-refractivity contribution in [2.24, 2.45) is 17.6 Å². The topological polar surface area (TPSA) is 98.7 Å². The van der Waals surface area contributed by atoms with Crippen LogP contribution >= 0.6 is 11.8 Å². The largest absolute Gasteiger partial charge is 0.352 e. The van der Waals surface area contributed by atoms with E-state index in [4.69, 9.17) is 5.73 Å². The SMILES string of the molecule is CC1CCCC(NC(=O)CSc2nnnn2CCN)C1C. The molecule has 0 radical (unpaired) electrons. The van der Waals surface area contributed by atoms with E-state index in [0.717, 1.165) is 6.42 Å². The van der Waals surface area contributed by atoms with E-state index in [1.165, 1.54) is 24.6 Å². The molecule has 0 bridgehead atoms. The molecule has 7 nitrogen and oxygen atoms in total. The molecule has 1 aliphatic carbocycles. The van der Waals surface area contributed by atoms with Crippen LogP contribution in [0, 0.1) is 11.8 Å². The smallest absolute Gasteiger partial charge is 0.230 e. The van der Waals surface area contributed by atoms with Crippen molar-refractivity contribution in [3.05, 3.63) is 0 Å². The molecule has 3 atom stereocenters. The molecule has 1 heterocycles. The first kappa shape index (κ1) is 16.2. The molecule has 1 aromatic rings. The van der Waals surface area contributed by atoms with E-state index in [9.17, 15) is 4.79 Å². The van der Waals surface area contributed by atoms with Crippen LogP contribution in [0.3, 0.4) is 0 Å². The Kier molecular flexibility index (Phi) is 5.98. The second-order valence-electron chi connectivity index (χ2n) is 5.70. The summed E-state index contributed by atoms with van der Waals surface area (Å²) >= 11 is 1.35. The zero-order valence-corrected chi connectivity index (χ0v) is 13.5. The van der Waals surface area contributed by atoms with Gasteiger partial charge < -0.3 is 11.1 Å². The van der Waals surface area contributed by atoms with Gasteiger partial charge in [-0.3, -0.25) is 4.79 Å². The molecule has 21 heavy (non-hydrogen) atoms. The Morgan fingerprint density at radius 2 is 2.29 bits per heavy atom. The Hall–Kier alpha value is -1.15. The molecule has 3 N–H and O–H groups in total. The lowest BCUT2D eigenvalue weighted by Crippen LogP contribution is -2.44. The number of carbonyl (C=O) groups excluding carboxylic acids is 1. The summed E-state index contributed by atoms with van der Waals surface area (Å²) in [4.78, 5) is 12.1. The van der Waals surface area contributed by atoms with Crippen molar-refractivity contribution >= 4 is 17.7 Å². The van der Waals surface area contributed by atoms with Gasteiger partial charge in [-0.2, -0.15) is 0 Å². The Morgan fingerprint density at radius 3 is 3.05 bits per heavy atom. The summed E-state index contributed by atoms with van der Waals surface area (Å²) in [5, 5.41) is 15.2. The number of rotatable bonds is 6. The standard InChI is InChI=1S/C13H24N6OS/c1-9-4-3-5-11(10(9)2)15-12(20)8-21-13-16-17-18-19(13)7-6-14/h9-11H,3-8,14H2,1-2H3,(H,15,20). The average Bonchev–Trinajstić information content (AvgIpc) is 2.90. The van der Waals surface area contributed by atoms with Gasteiger partial charge in [0.15, 0.2) is 0 Å². The van der Waals surface area contributed by atoms with Gasteiger partial charge in [0.05, 0.1) is 12.3 Å². The zero-order chi connectivity index (χ0) is 15.2. The van der Waals surface area contributed by atoms with Crippen LogP contribution in [0.1, 0.15) is 33.1 Å². The highest BCUT2D eigenvalue weighted by atomic mass is 32.2. The van der Waals surface area contributed by atoms with Crippen molar-refractivity contribution in [1.29, 1.82) is 0 Å². The second kappa shape index (κ2) is 7.74. The molecule has 0 saturated heterocycles. The highest BCUT2D eigenvalue weighted by Crippen LogP contribution is 2.29. The highest BCUT2D eigenvalue weighted by molar-refractivity contribution is 7.99. The summed E-state index contributed by atoms with van der Waals surface area (Å²) in [6.07, 6.45) is 3.53. The molecule has 1 aromatic heterocycles. The van der Waals surface area contributed by atoms with Crippen molar-refractivity contribution in [2.45, 2.75) is 50.9 Å². The number of nitrogens with zero attached hydrogens (tertiary/aromatic N) is 4. The minimum atomic E-state index is 0.0493. The first-order valence-corrected chi connectivity index (χ1v) is 8.48. The first-order chi connectivity index (χ1) is 10.1. The maximum Gasteiger partial charge on any atom is 0.230 e. The van der Waals surface area contributed by atoms with E-state index in [2.05, 4.69) is 34.7 Å².